The molecule has 2 aromatic rings. The van der Waals surface area contributed by atoms with E-state index in [1.165, 1.54) is 18.2 Å². The van der Waals surface area contributed by atoms with E-state index in [4.69, 9.17) is 23.2 Å². The number of rotatable bonds is 2. The van der Waals surface area contributed by atoms with Crippen LogP contribution in [0.15, 0.2) is 42.5 Å². The molecule has 0 radical (unpaired) electrons. The van der Waals surface area contributed by atoms with Gasteiger partial charge in [0, 0.05) is 16.3 Å². The second-order valence-electron chi connectivity index (χ2n) is 3.63. The van der Waals surface area contributed by atoms with Gasteiger partial charge in [-0.05, 0) is 42.5 Å². The Morgan fingerprint density at radius 1 is 1.06 bits per heavy atom. The maximum atomic E-state index is 11.9. The van der Waals surface area contributed by atoms with Crippen LogP contribution in [0.1, 0.15) is 10.4 Å². The molecule has 0 spiro atoms. The topological polar surface area (TPSA) is 49.3 Å². The van der Waals surface area contributed by atoms with Crippen LogP contribution < -0.4 is 5.32 Å². The molecule has 18 heavy (non-hydrogen) atoms. The highest BCUT2D eigenvalue weighted by Crippen LogP contribution is 2.24. The predicted octanol–water partition coefficient (Wildman–Crippen LogP) is 3.95. The highest BCUT2D eigenvalue weighted by molar-refractivity contribution is 6.32. The normalized spacial score (nSPS) is 10.1. The quantitative estimate of drug-likeness (QED) is 0.876. The smallest absolute Gasteiger partial charge is 0.255 e. The van der Waals surface area contributed by atoms with Crippen molar-refractivity contribution in [2.24, 2.45) is 0 Å². The number of hydrogen-bond acceptors (Lipinski definition) is 2. The van der Waals surface area contributed by atoms with Crippen molar-refractivity contribution in [2.45, 2.75) is 0 Å². The summed E-state index contributed by atoms with van der Waals surface area (Å²) in [6, 6.07) is 11.0. The fraction of sp³-hybridized carbons (Fsp3) is 0. The summed E-state index contributed by atoms with van der Waals surface area (Å²) < 4.78 is 0. The SMILES string of the molecule is O=C(Nc1ccc(Cl)cc1)c1ccc(O)c(Cl)c1. The summed E-state index contributed by atoms with van der Waals surface area (Å²) in [7, 11) is 0. The van der Waals surface area contributed by atoms with Gasteiger partial charge in [0.25, 0.3) is 5.91 Å². The Balaban J connectivity index is 2.16. The molecule has 0 heterocycles. The molecule has 0 aliphatic carbocycles. The van der Waals surface area contributed by atoms with Gasteiger partial charge in [0.2, 0.25) is 0 Å². The Bertz CT molecular complexity index is 582. The largest absolute Gasteiger partial charge is 0.506 e. The number of hydrogen-bond donors (Lipinski definition) is 2. The molecule has 0 fully saturated rings. The van der Waals surface area contributed by atoms with Crippen molar-refractivity contribution in [3.05, 3.63) is 58.1 Å². The Kier molecular flexibility index (Phi) is 3.75. The van der Waals surface area contributed by atoms with Crippen molar-refractivity contribution in [3.8, 4) is 5.75 Å². The van der Waals surface area contributed by atoms with Gasteiger partial charge in [0.15, 0.2) is 0 Å². The molecule has 1 amide bonds. The molecule has 92 valence electrons. The number of carbonyl (C=O) groups excluding carboxylic acids is 1. The van der Waals surface area contributed by atoms with Crippen molar-refractivity contribution in [3.63, 3.8) is 0 Å². The molecule has 0 aliphatic rings. The van der Waals surface area contributed by atoms with Crippen molar-refractivity contribution in [1.82, 2.24) is 0 Å². The lowest BCUT2D eigenvalue weighted by atomic mass is 10.2. The highest BCUT2D eigenvalue weighted by Gasteiger charge is 2.08. The molecule has 0 aliphatic heterocycles. The lowest BCUT2D eigenvalue weighted by Gasteiger charge is -2.06. The number of phenolic OH excluding ortho intramolecular Hbond substituents is 1. The van der Waals surface area contributed by atoms with Gasteiger partial charge in [-0.1, -0.05) is 23.2 Å². The van der Waals surface area contributed by atoms with E-state index in [9.17, 15) is 9.90 Å². The maximum absolute atomic E-state index is 11.9. The molecule has 0 aromatic heterocycles. The van der Waals surface area contributed by atoms with Crippen molar-refractivity contribution in [1.29, 1.82) is 0 Å². The monoisotopic (exact) mass is 281 g/mol. The Morgan fingerprint density at radius 2 is 1.72 bits per heavy atom. The summed E-state index contributed by atoms with van der Waals surface area (Å²) in [5.41, 5.74) is 1.00. The van der Waals surface area contributed by atoms with Crippen LogP contribution >= 0.6 is 23.2 Å². The first-order valence-corrected chi connectivity index (χ1v) is 5.87. The third kappa shape index (κ3) is 2.94. The van der Waals surface area contributed by atoms with Crippen LogP contribution in [0.3, 0.4) is 0 Å². The Hall–Kier alpha value is -1.71. The Morgan fingerprint density at radius 3 is 2.33 bits per heavy atom. The first-order valence-electron chi connectivity index (χ1n) is 5.12. The first kappa shape index (κ1) is 12.7. The summed E-state index contributed by atoms with van der Waals surface area (Å²) in [6.45, 7) is 0. The van der Waals surface area contributed by atoms with Crippen LogP contribution in [0.4, 0.5) is 5.69 Å². The number of amides is 1. The van der Waals surface area contributed by atoms with Crippen molar-refractivity contribution in [2.75, 3.05) is 5.32 Å². The average molecular weight is 282 g/mol. The molecule has 3 nitrogen and oxygen atoms in total. The number of benzene rings is 2. The number of halogens is 2. The first-order chi connectivity index (χ1) is 8.56. The van der Waals surface area contributed by atoms with E-state index in [1.807, 2.05) is 0 Å². The van der Waals surface area contributed by atoms with Crippen molar-refractivity contribution >= 4 is 34.8 Å². The lowest BCUT2D eigenvalue weighted by Crippen LogP contribution is -2.11. The molecule has 5 heteroatoms. The number of phenols is 1. The molecular formula is C13H9Cl2NO2. The van der Waals surface area contributed by atoms with Crippen LogP contribution in [0.5, 0.6) is 5.75 Å². The highest BCUT2D eigenvalue weighted by atomic mass is 35.5. The van der Waals surface area contributed by atoms with Gasteiger partial charge < -0.3 is 10.4 Å². The molecule has 2 rings (SSSR count). The van der Waals surface area contributed by atoms with E-state index in [2.05, 4.69) is 5.32 Å². The van der Waals surface area contributed by atoms with Gasteiger partial charge in [-0.3, -0.25) is 4.79 Å². The van der Waals surface area contributed by atoms with E-state index in [0.29, 0.717) is 16.3 Å². The molecule has 0 atom stereocenters. The number of carbonyl (C=O) groups is 1. The molecule has 2 N–H and O–H groups in total. The average Bonchev–Trinajstić information content (AvgIpc) is 2.35. The molecule has 0 bridgehead atoms. The zero-order valence-corrected chi connectivity index (χ0v) is 10.7. The van der Waals surface area contributed by atoms with E-state index in [-0.39, 0.29) is 16.7 Å². The van der Waals surface area contributed by atoms with E-state index >= 15 is 0 Å². The summed E-state index contributed by atoms with van der Waals surface area (Å²) >= 11 is 11.5. The third-order valence-electron chi connectivity index (χ3n) is 2.31. The second kappa shape index (κ2) is 5.29. The van der Waals surface area contributed by atoms with Crippen molar-refractivity contribution < 1.29 is 9.90 Å². The van der Waals surface area contributed by atoms with Crippen LogP contribution in [0.25, 0.3) is 0 Å². The summed E-state index contributed by atoms with van der Waals surface area (Å²) in [6.07, 6.45) is 0. The number of anilines is 1. The molecule has 0 saturated carbocycles. The minimum absolute atomic E-state index is 0.0558. The van der Waals surface area contributed by atoms with Crippen LogP contribution in [-0.2, 0) is 0 Å². The van der Waals surface area contributed by atoms with E-state index < -0.39 is 0 Å². The van der Waals surface area contributed by atoms with Gasteiger partial charge in [0.1, 0.15) is 5.75 Å². The van der Waals surface area contributed by atoms with Gasteiger partial charge in [0.05, 0.1) is 5.02 Å². The molecular weight excluding hydrogens is 273 g/mol. The molecule has 2 aromatic carbocycles. The van der Waals surface area contributed by atoms with Gasteiger partial charge in [-0.15, -0.1) is 0 Å². The summed E-state index contributed by atoms with van der Waals surface area (Å²) in [5, 5.41) is 12.7. The minimum Gasteiger partial charge on any atom is -0.506 e. The summed E-state index contributed by atoms with van der Waals surface area (Å²) in [5.74, 6) is -0.362. The molecule has 0 unspecified atom stereocenters. The van der Waals surface area contributed by atoms with E-state index in [0.717, 1.165) is 0 Å². The van der Waals surface area contributed by atoms with Gasteiger partial charge in [-0.25, -0.2) is 0 Å². The fourth-order valence-corrected chi connectivity index (χ4v) is 1.69. The minimum atomic E-state index is -0.306. The molecule has 0 saturated heterocycles. The van der Waals surface area contributed by atoms with Crippen LogP contribution in [0, 0.1) is 0 Å². The lowest BCUT2D eigenvalue weighted by molar-refractivity contribution is 0.102. The second-order valence-corrected chi connectivity index (χ2v) is 4.47. The zero-order chi connectivity index (χ0) is 13.1. The number of aromatic hydroxyl groups is 1. The van der Waals surface area contributed by atoms with Gasteiger partial charge in [-0.2, -0.15) is 0 Å². The third-order valence-corrected chi connectivity index (χ3v) is 2.87. The van der Waals surface area contributed by atoms with Crippen LogP contribution in [-0.4, -0.2) is 11.0 Å². The van der Waals surface area contributed by atoms with Gasteiger partial charge >= 0.3 is 0 Å². The predicted molar refractivity (Wildman–Crippen MR) is 72.5 cm³/mol. The standard InChI is InChI=1S/C13H9Cl2NO2/c14-9-2-4-10(5-3-9)16-13(18)8-1-6-12(17)11(15)7-8/h1-7,17H,(H,16,18). The number of nitrogens with one attached hydrogen (secondary N) is 1. The Labute approximate surface area is 114 Å². The van der Waals surface area contributed by atoms with E-state index in [1.54, 1.807) is 24.3 Å². The summed E-state index contributed by atoms with van der Waals surface area (Å²) in [4.78, 5) is 11.9. The fourth-order valence-electron chi connectivity index (χ4n) is 1.38. The maximum Gasteiger partial charge on any atom is 0.255 e. The zero-order valence-electron chi connectivity index (χ0n) is 9.15. The van der Waals surface area contributed by atoms with Crippen LogP contribution in [0.2, 0.25) is 10.0 Å².